The summed E-state index contributed by atoms with van der Waals surface area (Å²) >= 11 is 0. The van der Waals surface area contributed by atoms with Gasteiger partial charge in [0.25, 0.3) is 0 Å². The van der Waals surface area contributed by atoms with Crippen molar-refractivity contribution in [3.05, 3.63) is 0 Å². The zero-order chi connectivity index (χ0) is 6.62. The Morgan fingerprint density at radius 2 is 2.25 bits per heavy atom. The van der Waals surface area contributed by atoms with Crippen LogP contribution in [0.5, 0.6) is 0 Å². The Hall–Kier alpha value is -0.0900. The maximum atomic E-state index is 10.5. The van der Waals surface area contributed by atoms with Crippen LogP contribution in [0.3, 0.4) is 0 Å². The van der Waals surface area contributed by atoms with Crippen molar-refractivity contribution in [1.29, 1.82) is 4.78 Å². The second kappa shape index (κ2) is 3.04. The highest BCUT2D eigenvalue weighted by Gasteiger charge is 1.90. The van der Waals surface area contributed by atoms with E-state index < -0.39 is 9.92 Å². The van der Waals surface area contributed by atoms with Gasteiger partial charge in [0.05, 0.1) is 0 Å². The second-order valence-corrected chi connectivity index (χ2v) is 3.71. The number of hydrogen-bond acceptors (Lipinski definition) is 2. The summed E-state index contributed by atoms with van der Waals surface area (Å²) in [6, 6.07) is 0. The van der Waals surface area contributed by atoms with Crippen LogP contribution in [-0.2, 0) is 9.92 Å². The summed E-state index contributed by atoms with van der Waals surface area (Å²) in [5.41, 5.74) is 0. The Labute approximate surface area is 50.6 Å². The van der Waals surface area contributed by atoms with Crippen LogP contribution in [0.1, 0.15) is 13.3 Å². The molecule has 0 saturated carbocycles. The van der Waals surface area contributed by atoms with E-state index in [2.05, 4.69) is 4.72 Å². The van der Waals surface area contributed by atoms with Crippen molar-refractivity contribution in [2.45, 2.75) is 13.3 Å². The highest BCUT2D eigenvalue weighted by molar-refractivity contribution is 7.89. The molecular weight excluding hydrogens is 124 g/mol. The lowest BCUT2D eigenvalue weighted by molar-refractivity contribution is 0.665. The van der Waals surface area contributed by atoms with Crippen molar-refractivity contribution in [2.75, 3.05) is 12.8 Å². The maximum absolute atomic E-state index is 10.5. The van der Waals surface area contributed by atoms with Gasteiger partial charge in [-0.2, -0.15) is 0 Å². The predicted octanol–water partition coefficient (Wildman–Crippen LogP) is 0.578. The standard InChI is InChI=1S/C4H12N2OS/c1-3-4-6-8(2,5)7/h3-4H2,1-2H3,(H2,5,6,7). The Bertz CT molecular complexity index is 138. The van der Waals surface area contributed by atoms with Gasteiger partial charge in [0, 0.05) is 12.8 Å². The zero-order valence-corrected chi connectivity index (χ0v) is 6.05. The minimum Gasteiger partial charge on any atom is -0.241 e. The van der Waals surface area contributed by atoms with Crippen molar-refractivity contribution in [2.24, 2.45) is 0 Å². The van der Waals surface area contributed by atoms with E-state index >= 15 is 0 Å². The van der Waals surface area contributed by atoms with Crippen molar-refractivity contribution in [3.63, 3.8) is 0 Å². The first-order valence-corrected chi connectivity index (χ1v) is 4.51. The molecule has 1 atom stereocenters. The molecule has 4 heteroatoms. The van der Waals surface area contributed by atoms with E-state index in [0.717, 1.165) is 6.42 Å². The lowest BCUT2D eigenvalue weighted by Crippen LogP contribution is -2.20. The first-order chi connectivity index (χ1) is 3.56. The monoisotopic (exact) mass is 136 g/mol. The minimum atomic E-state index is -2.44. The van der Waals surface area contributed by atoms with E-state index in [1.54, 1.807) is 0 Å². The molecule has 0 aromatic heterocycles. The molecule has 0 heterocycles. The van der Waals surface area contributed by atoms with Crippen molar-refractivity contribution in [1.82, 2.24) is 4.72 Å². The topological polar surface area (TPSA) is 53.0 Å². The van der Waals surface area contributed by atoms with Crippen molar-refractivity contribution < 1.29 is 4.21 Å². The van der Waals surface area contributed by atoms with Gasteiger partial charge in [0.15, 0.2) is 0 Å². The molecule has 1 unspecified atom stereocenters. The molecule has 0 aliphatic rings. The van der Waals surface area contributed by atoms with Gasteiger partial charge in [-0.15, -0.1) is 0 Å². The lowest BCUT2D eigenvalue weighted by atomic mass is 10.5. The zero-order valence-electron chi connectivity index (χ0n) is 5.23. The van der Waals surface area contributed by atoms with Crippen LogP contribution in [0.15, 0.2) is 0 Å². The number of rotatable bonds is 3. The Morgan fingerprint density at radius 3 is 2.38 bits per heavy atom. The molecule has 0 radical (unpaired) electrons. The fourth-order valence-corrected chi connectivity index (χ4v) is 0.890. The first-order valence-electron chi connectivity index (χ1n) is 2.54. The van der Waals surface area contributed by atoms with Crippen LogP contribution in [0.2, 0.25) is 0 Å². The average molecular weight is 136 g/mol. The third-order valence-corrected chi connectivity index (χ3v) is 1.38. The molecule has 0 rings (SSSR count). The summed E-state index contributed by atoms with van der Waals surface area (Å²) < 4.78 is 19.9. The average Bonchev–Trinajstić information content (AvgIpc) is 1.59. The summed E-state index contributed by atoms with van der Waals surface area (Å²) in [5.74, 6) is 0. The van der Waals surface area contributed by atoms with Crippen LogP contribution in [-0.4, -0.2) is 17.0 Å². The van der Waals surface area contributed by atoms with Crippen molar-refractivity contribution in [3.8, 4) is 0 Å². The quantitative estimate of drug-likeness (QED) is 0.585. The summed E-state index contributed by atoms with van der Waals surface area (Å²) in [6.45, 7) is 2.64. The molecule has 0 saturated heterocycles. The highest BCUT2D eigenvalue weighted by Crippen LogP contribution is 1.76. The van der Waals surface area contributed by atoms with Gasteiger partial charge >= 0.3 is 0 Å². The van der Waals surface area contributed by atoms with E-state index in [9.17, 15) is 4.21 Å². The van der Waals surface area contributed by atoms with E-state index in [4.69, 9.17) is 4.78 Å². The molecule has 0 fully saturated rings. The molecule has 0 aromatic rings. The van der Waals surface area contributed by atoms with Gasteiger partial charge in [-0.05, 0) is 6.42 Å². The van der Waals surface area contributed by atoms with Crippen LogP contribution in [0.25, 0.3) is 0 Å². The number of nitrogens with one attached hydrogen (secondary N) is 2. The first kappa shape index (κ1) is 7.91. The van der Waals surface area contributed by atoms with E-state index in [1.807, 2.05) is 6.92 Å². The van der Waals surface area contributed by atoms with E-state index in [0.29, 0.717) is 6.54 Å². The fraction of sp³-hybridized carbons (Fsp3) is 1.00. The number of hydrogen-bond donors (Lipinski definition) is 2. The Morgan fingerprint density at radius 1 is 1.75 bits per heavy atom. The SMILES string of the molecule is CCCNS(C)(=N)=O. The lowest BCUT2D eigenvalue weighted by Gasteiger charge is -1.98. The van der Waals surface area contributed by atoms with Crippen LogP contribution >= 0.6 is 0 Å². The van der Waals surface area contributed by atoms with Gasteiger partial charge in [0.2, 0.25) is 0 Å². The third-order valence-electron chi connectivity index (χ3n) is 0.627. The van der Waals surface area contributed by atoms with Crippen LogP contribution in [0.4, 0.5) is 0 Å². The molecule has 0 aromatic carbocycles. The summed E-state index contributed by atoms with van der Waals surface area (Å²) in [4.78, 5) is 0. The summed E-state index contributed by atoms with van der Waals surface area (Å²) in [7, 11) is -2.44. The smallest absolute Gasteiger partial charge is 0.102 e. The molecule has 0 aliphatic heterocycles. The minimum absolute atomic E-state index is 0.666. The molecule has 0 spiro atoms. The third kappa shape index (κ3) is 5.91. The normalized spacial score (nSPS) is 17.8. The molecule has 3 nitrogen and oxygen atoms in total. The van der Waals surface area contributed by atoms with Gasteiger partial charge in [0.1, 0.15) is 9.92 Å². The molecule has 0 aliphatic carbocycles. The predicted molar refractivity (Wildman–Crippen MR) is 35.1 cm³/mol. The van der Waals surface area contributed by atoms with Gasteiger partial charge in [-0.25, -0.2) is 13.7 Å². The second-order valence-electron chi connectivity index (χ2n) is 1.74. The Kier molecular flexibility index (Phi) is 3.01. The summed E-state index contributed by atoms with van der Waals surface area (Å²) in [6.07, 6.45) is 2.30. The van der Waals surface area contributed by atoms with Crippen molar-refractivity contribution >= 4 is 9.92 Å². The molecule has 50 valence electrons. The fourth-order valence-electron chi connectivity index (χ4n) is 0.297. The molecule has 0 amide bonds. The molecule has 8 heavy (non-hydrogen) atoms. The van der Waals surface area contributed by atoms with Gasteiger partial charge < -0.3 is 0 Å². The van der Waals surface area contributed by atoms with E-state index in [-0.39, 0.29) is 0 Å². The van der Waals surface area contributed by atoms with Crippen LogP contribution < -0.4 is 4.72 Å². The Balaban J connectivity index is 3.42. The molecule has 2 N–H and O–H groups in total. The maximum Gasteiger partial charge on any atom is 0.102 e. The molecule has 0 bridgehead atoms. The summed E-state index contributed by atoms with van der Waals surface area (Å²) in [5, 5.41) is 0. The largest absolute Gasteiger partial charge is 0.241 e. The highest BCUT2D eigenvalue weighted by atomic mass is 32.2. The van der Waals surface area contributed by atoms with Gasteiger partial charge in [-0.1, -0.05) is 6.92 Å². The van der Waals surface area contributed by atoms with E-state index in [1.165, 1.54) is 6.26 Å². The van der Waals surface area contributed by atoms with Gasteiger partial charge in [-0.3, -0.25) is 0 Å². The van der Waals surface area contributed by atoms with Crippen LogP contribution in [0, 0.1) is 4.78 Å². The molecular formula is C4H12N2OS.